The van der Waals surface area contributed by atoms with E-state index in [2.05, 4.69) is 17.1 Å². The second kappa shape index (κ2) is 7.04. The summed E-state index contributed by atoms with van der Waals surface area (Å²) in [6.07, 6.45) is 2.04. The summed E-state index contributed by atoms with van der Waals surface area (Å²) in [6, 6.07) is 8.17. The predicted molar refractivity (Wildman–Crippen MR) is 94.3 cm³/mol. The van der Waals surface area contributed by atoms with Crippen molar-refractivity contribution in [3.05, 3.63) is 52.3 Å². The van der Waals surface area contributed by atoms with Crippen LogP contribution in [0.2, 0.25) is 0 Å². The first-order valence-corrected chi connectivity index (χ1v) is 8.66. The molecule has 0 spiro atoms. The van der Waals surface area contributed by atoms with Crippen LogP contribution in [0.15, 0.2) is 29.2 Å². The quantitative estimate of drug-likeness (QED) is 0.669. The van der Waals surface area contributed by atoms with Gasteiger partial charge in [-0.05, 0) is 50.3 Å². The molecule has 2 aromatic rings. The molecule has 0 saturated carbocycles. The fraction of sp³-hybridized carbons (Fsp3) is 0.333. The molecule has 0 aliphatic heterocycles. The summed E-state index contributed by atoms with van der Waals surface area (Å²) < 4.78 is 0. The van der Waals surface area contributed by atoms with E-state index >= 15 is 0 Å². The molecule has 0 unspecified atom stereocenters. The number of aromatic nitrogens is 1. The first-order valence-electron chi connectivity index (χ1n) is 7.43. The highest BCUT2D eigenvalue weighted by Gasteiger charge is 2.22. The van der Waals surface area contributed by atoms with Gasteiger partial charge in [0.2, 0.25) is 0 Å². The van der Waals surface area contributed by atoms with E-state index in [1.54, 1.807) is 23.7 Å². The molecule has 0 fully saturated rings. The van der Waals surface area contributed by atoms with E-state index in [0.29, 0.717) is 17.8 Å². The lowest BCUT2D eigenvalue weighted by molar-refractivity contribution is 0.0779. The third kappa shape index (κ3) is 3.67. The molecule has 2 rings (SSSR count). The molecule has 0 atom stereocenters. The molecule has 122 valence electrons. The van der Waals surface area contributed by atoms with Crippen LogP contribution in [0.5, 0.6) is 0 Å². The summed E-state index contributed by atoms with van der Waals surface area (Å²) in [5.41, 5.74) is 3.66. The molecule has 4 nitrogen and oxygen atoms in total. The Morgan fingerprint density at radius 3 is 2.26 bits per heavy atom. The van der Waals surface area contributed by atoms with Gasteiger partial charge in [-0.1, -0.05) is 12.1 Å². The van der Waals surface area contributed by atoms with Crippen LogP contribution in [-0.2, 0) is 6.54 Å². The largest absolute Gasteiger partial charge is 0.354 e. The van der Waals surface area contributed by atoms with Crippen LogP contribution in [0.1, 0.15) is 44.6 Å². The Bertz CT molecular complexity index is 732. The predicted octanol–water partition coefficient (Wildman–Crippen LogP) is 3.83. The molecule has 1 heterocycles. The second-order valence-electron chi connectivity index (χ2n) is 5.69. The van der Waals surface area contributed by atoms with E-state index < -0.39 is 0 Å². The van der Waals surface area contributed by atoms with Crippen LogP contribution in [0.4, 0.5) is 0 Å². The van der Waals surface area contributed by atoms with Gasteiger partial charge in [0.25, 0.3) is 5.91 Å². The van der Waals surface area contributed by atoms with Gasteiger partial charge >= 0.3 is 0 Å². The van der Waals surface area contributed by atoms with E-state index in [-0.39, 0.29) is 11.7 Å². The summed E-state index contributed by atoms with van der Waals surface area (Å²) in [7, 11) is 1.77. The Labute approximate surface area is 141 Å². The van der Waals surface area contributed by atoms with Crippen molar-refractivity contribution >= 4 is 23.5 Å². The summed E-state index contributed by atoms with van der Waals surface area (Å²) in [4.78, 5) is 30.3. The topological polar surface area (TPSA) is 53.2 Å². The minimum Gasteiger partial charge on any atom is -0.354 e. The number of aromatic amines is 1. The number of rotatable bonds is 5. The lowest BCUT2D eigenvalue weighted by Gasteiger charge is -2.17. The lowest BCUT2D eigenvalue weighted by atomic mass is 10.1. The molecule has 5 heteroatoms. The molecule has 1 amide bonds. The number of nitrogens with one attached hydrogen (secondary N) is 1. The molecule has 0 bridgehead atoms. The van der Waals surface area contributed by atoms with Crippen LogP contribution in [0.25, 0.3) is 0 Å². The van der Waals surface area contributed by atoms with E-state index in [1.165, 1.54) is 11.8 Å². The standard InChI is InChI=1S/C18H22N2O2S/c1-11-16(13(3)21)12(2)19-17(11)18(22)20(4)10-14-6-8-15(23-5)9-7-14/h6-9,19H,10H2,1-5H3. The van der Waals surface area contributed by atoms with Crippen molar-refractivity contribution in [3.8, 4) is 0 Å². The zero-order valence-corrected chi connectivity index (χ0v) is 15.0. The van der Waals surface area contributed by atoms with E-state index in [0.717, 1.165) is 16.8 Å². The van der Waals surface area contributed by atoms with Crippen LogP contribution in [0.3, 0.4) is 0 Å². The number of amides is 1. The number of carbonyl (C=O) groups is 2. The number of hydrogen-bond acceptors (Lipinski definition) is 3. The van der Waals surface area contributed by atoms with Gasteiger partial charge in [0.05, 0.1) is 0 Å². The Hall–Kier alpha value is -2.01. The zero-order chi connectivity index (χ0) is 17.1. The molecule has 23 heavy (non-hydrogen) atoms. The molecule has 0 saturated heterocycles. The summed E-state index contributed by atoms with van der Waals surface area (Å²) >= 11 is 1.69. The summed E-state index contributed by atoms with van der Waals surface area (Å²) in [5, 5.41) is 0. The number of aryl methyl sites for hydroxylation is 1. The maximum Gasteiger partial charge on any atom is 0.270 e. The fourth-order valence-corrected chi connectivity index (χ4v) is 3.17. The number of H-pyrrole nitrogens is 1. The third-order valence-electron chi connectivity index (χ3n) is 3.93. The summed E-state index contributed by atoms with van der Waals surface area (Å²) in [5.74, 6) is -0.127. The number of thioether (sulfide) groups is 1. The number of hydrogen-bond donors (Lipinski definition) is 1. The Morgan fingerprint density at radius 1 is 1.17 bits per heavy atom. The van der Waals surface area contributed by atoms with Crippen molar-refractivity contribution in [2.45, 2.75) is 32.2 Å². The van der Waals surface area contributed by atoms with Crippen LogP contribution >= 0.6 is 11.8 Å². The number of carbonyl (C=O) groups excluding carboxylic acids is 2. The van der Waals surface area contributed by atoms with Gasteiger partial charge in [-0.25, -0.2) is 0 Å². The molecule has 0 aliphatic carbocycles. The molecule has 0 radical (unpaired) electrons. The van der Waals surface area contributed by atoms with Gasteiger partial charge in [-0.15, -0.1) is 11.8 Å². The Kier molecular flexibility index (Phi) is 5.31. The van der Waals surface area contributed by atoms with Gasteiger partial charge in [0.1, 0.15) is 5.69 Å². The van der Waals surface area contributed by atoms with Crippen molar-refractivity contribution in [2.24, 2.45) is 0 Å². The molecule has 1 aromatic carbocycles. The maximum absolute atomic E-state index is 12.7. The third-order valence-corrected chi connectivity index (χ3v) is 4.67. The van der Waals surface area contributed by atoms with Crippen LogP contribution < -0.4 is 0 Å². The van der Waals surface area contributed by atoms with Gasteiger partial charge in [-0.2, -0.15) is 0 Å². The van der Waals surface area contributed by atoms with Crippen LogP contribution in [0, 0.1) is 13.8 Å². The van der Waals surface area contributed by atoms with Crippen molar-refractivity contribution in [2.75, 3.05) is 13.3 Å². The van der Waals surface area contributed by atoms with Crippen molar-refractivity contribution in [3.63, 3.8) is 0 Å². The first kappa shape index (κ1) is 17.3. The minimum absolute atomic E-state index is 0.0226. The molecule has 0 aliphatic rings. The second-order valence-corrected chi connectivity index (χ2v) is 6.57. The molecular formula is C18H22N2O2S. The average molecular weight is 330 g/mol. The van der Waals surface area contributed by atoms with Gasteiger partial charge in [-0.3, -0.25) is 9.59 Å². The molecule has 1 aromatic heterocycles. The summed E-state index contributed by atoms with van der Waals surface area (Å²) in [6.45, 7) is 5.69. The van der Waals surface area contributed by atoms with Gasteiger partial charge in [0.15, 0.2) is 5.78 Å². The molecular weight excluding hydrogens is 308 g/mol. The fourth-order valence-electron chi connectivity index (χ4n) is 2.76. The number of nitrogens with zero attached hydrogens (tertiary/aromatic N) is 1. The van der Waals surface area contributed by atoms with E-state index in [1.807, 2.05) is 32.2 Å². The highest BCUT2D eigenvalue weighted by Crippen LogP contribution is 2.21. The zero-order valence-electron chi connectivity index (χ0n) is 14.2. The van der Waals surface area contributed by atoms with Crippen molar-refractivity contribution in [1.82, 2.24) is 9.88 Å². The highest BCUT2D eigenvalue weighted by molar-refractivity contribution is 7.98. The number of benzene rings is 1. The average Bonchev–Trinajstić information content (AvgIpc) is 2.82. The minimum atomic E-state index is -0.105. The monoisotopic (exact) mass is 330 g/mol. The van der Waals surface area contributed by atoms with E-state index in [4.69, 9.17) is 0 Å². The maximum atomic E-state index is 12.7. The van der Waals surface area contributed by atoms with Gasteiger partial charge in [0, 0.05) is 29.7 Å². The van der Waals surface area contributed by atoms with Crippen LogP contribution in [-0.4, -0.2) is 34.9 Å². The normalized spacial score (nSPS) is 10.7. The smallest absolute Gasteiger partial charge is 0.270 e. The van der Waals surface area contributed by atoms with E-state index in [9.17, 15) is 9.59 Å². The Balaban J connectivity index is 2.19. The number of ketones is 1. The van der Waals surface area contributed by atoms with Crippen molar-refractivity contribution < 1.29 is 9.59 Å². The number of Topliss-reactive ketones (excluding diaryl/α,β-unsaturated/α-hetero) is 1. The SMILES string of the molecule is CSc1ccc(CN(C)C(=O)c2[nH]c(C)c(C(C)=O)c2C)cc1. The highest BCUT2D eigenvalue weighted by atomic mass is 32.2. The Morgan fingerprint density at radius 2 is 1.78 bits per heavy atom. The van der Waals surface area contributed by atoms with Gasteiger partial charge < -0.3 is 9.88 Å². The first-order chi connectivity index (χ1) is 10.8. The lowest BCUT2D eigenvalue weighted by Crippen LogP contribution is -2.27. The van der Waals surface area contributed by atoms with Crippen molar-refractivity contribution in [1.29, 1.82) is 0 Å². The molecule has 1 N–H and O–H groups in total.